The van der Waals surface area contributed by atoms with Crippen molar-refractivity contribution < 1.29 is 9.21 Å². The molecule has 104 valence electrons. The van der Waals surface area contributed by atoms with Gasteiger partial charge < -0.3 is 15.5 Å². The van der Waals surface area contributed by atoms with E-state index < -0.39 is 5.54 Å². The Morgan fingerprint density at radius 2 is 2.17 bits per heavy atom. The molecule has 0 aromatic carbocycles. The Balaban J connectivity index is 0.00000289. The van der Waals surface area contributed by atoms with Crippen molar-refractivity contribution in [2.45, 2.75) is 31.4 Å². The minimum Gasteiger partial charge on any atom is -0.445 e. The molecule has 0 aliphatic heterocycles. The van der Waals surface area contributed by atoms with Crippen LogP contribution in [0.25, 0.3) is 0 Å². The van der Waals surface area contributed by atoms with Gasteiger partial charge in [0.15, 0.2) is 10.9 Å². The van der Waals surface area contributed by atoms with Crippen molar-refractivity contribution in [3.05, 3.63) is 17.9 Å². The second kappa shape index (κ2) is 7.07. The molecule has 1 rings (SSSR count). The SMILES string of the molecule is CSc1ccc(C(=O)NC(C)(CN)C(C)C)o1.Cl. The van der Waals surface area contributed by atoms with Crippen molar-refractivity contribution in [2.75, 3.05) is 12.8 Å². The van der Waals surface area contributed by atoms with Crippen LogP contribution in [0.4, 0.5) is 0 Å². The van der Waals surface area contributed by atoms with Gasteiger partial charge >= 0.3 is 0 Å². The van der Waals surface area contributed by atoms with Crippen LogP contribution in [0.2, 0.25) is 0 Å². The van der Waals surface area contributed by atoms with Gasteiger partial charge in [0.1, 0.15) is 0 Å². The van der Waals surface area contributed by atoms with Crippen LogP contribution in [0.3, 0.4) is 0 Å². The molecule has 0 bridgehead atoms. The van der Waals surface area contributed by atoms with Crippen molar-refractivity contribution >= 4 is 30.1 Å². The molecular weight excluding hydrogens is 272 g/mol. The fraction of sp³-hybridized carbons (Fsp3) is 0.583. The second-order valence-corrected chi connectivity index (χ2v) is 5.36. The monoisotopic (exact) mass is 292 g/mol. The van der Waals surface area contributed by atoms with E-state index >= 15 is 0 Å². The van der Waals surface area contributed by atoms with E-state index in [1.807, 2.05) is 27.0 Å². The van der Waals surface area contributed by atoms with Crippen LogP contribution in [0.15, 0.2) is 21.6 Å². The number of hydrogen-bond acceptors (Lipinski definition) is 4. The lowest BCUT2D eigenvalue weighted by molar-refractivity contribution is 0.0849. The third-order valence-electron chi connectivity index (χ3n) is 3.10. The van der Waals surface area contributed by atoms with E-state index in [0.29, 0.717) is 12.3 Å². The molecule has 0 spiro atoms. The lowest BCUT2D eigenvalue weighted by Gasteiger charge is -2.33. The van der Waals surface area contributed by atoms with Gasteiger partial charge in [-0.1, -0.05) is 25.6 Å². The number of carbonyl (C=O) groups excluding carboxylic acids is 1. The van der Waals surface area contributed by atoms with Crippen molar-refractivity contribution in [1.82, 2.24) is 5.32 Å². The van der Waals surface area contributed by atoms with Gasteiger partial charge in [-0.15, -0.1) is 12.4 Å². The smallest absolute Gasteiger partial charge is 0.287 e. The first-order valence-electron chi connectivity index (χ1n) is 5.59. The molecule has 18 heavy (non-hydrogen) atoms. The van der Waals surface area contributed by atoms with Crippen LogP contribution < -0.4 is 11.1 Å². The zero-order chi connectivity index (χ0) is 13.1. The van der Waals surface area contributed by atoms with Gasteiger partial charge in [0.2, 0.25) is 0 Å². The van der Waals surface area contributed by atoms with E-state index in [9.17, 15) is 4.79 Å². The van der Waals surface area contributed by atoms with Gasteiger partial charge in [0.05, 0.1) is 5.54 Å². The molecule has 0 aliphatic rings. The summed E-state index contributed by atoms with van der Waals surface area (Å²) in [6.07, 6.45) is 1.90. The van der Waals surface area contributed by atoms with Crippen LogP contribution in [0.1, 0.15) is 31.3 Å². The lowest BCUT2D eigenvalue weighted by atomic mass is 9.88. The molecule has 1 atom stereocenters. The molecule has 4 nitrogen and oxygen atoms in total. The van der Waals surface area contributed by atoms with Crippen molar-refractivity contribution in [1.29, 1.82) is 0 Å². The van der Waals surface area contributed by atoms with Crippen LogP contribution in [0.5, 0.6) is 0 Å². The van der Waals surface area contributed by atoms with E-state index in [4.69, 9.17) is 10.2 Å². The number of carbonyl (C=O) groups is 1. The predicted octanol–water partition coefficient (Wildman–Crippen LogP) is 2.53. The van der Waals surface area contributed by atoms with Crippen molar-refractivity contribution in [3.63, 3.8) is 0 Å². The normalized spacial score (nSPS) is 13.9. The molecule has 3 N–H and O–H groups in total. The summed E-state index contributed by atoms with van der Waals surface area (Å²) in [5.41, 5.74) is 5.30. The highest BCUT2D eigenvalue weighted by Gasteiger charge is 2.29. The molecule has 0 radical (unpaired) electrons. The Hall–Kier alpha value is -0.650. The molecule has 1 aromatic heterocycles. The van der Waals surface area contributed by atoms with Gasteiger partial charge in [0, 0.05) is 6.54 Å². The summed E-state index contributed by atoms with van der Waals surface area (Å²) in [6.45, 7) is 6.39. The summed E-state index contributed by atoms with van der Waals surface area (Å²) in [5, 5.41) is 3.66. The Kier molecular flexibility index (Phi) is 6.81. The molecule has 1 aromatic rings. The first-order chi connectivity index (χ1) is 7.92. The Labute approximate surface area is 118 Å². The molecule has 0 aliphatic carbocycles. The average molecular weight is 293 g/mol. The summed E-state index contributed by atoms with van der Waals surface area (Å²) in [5.74, 6) is 0.369. The van der Waals surface area contributed by atoms with Crippen LogP contribution in [0, 0.1) is 5.92 Å². The summed E-state index contributed by atoms with van der Waals surface area (Å²) in [4.78, 5) is 12.0. The van der Waals surface area contributed by atoms with E-state index in [0.717, 1.165) is 5.09 Å². The number of furan rings is 1. The largest absolute Gasteiger partial charge is 0.445 e. The molecular formula is C12H21ClN2O2S. The predicted molar refractivity (Wildman–Crippen MR) is 77.5 cm³/mol. The van der Waals surface area contributed by atoms with Crippen molar-refractivity contribution in [2.24, 2.45) is 11.7 Å². The summed E-state index contributed by atoms with van der Waals surface area (Å²) >= 11 is 1.47. The topological polar surface area (TPSA) is 68.3 Å². The standard InChI is InChI=1S/C12H20N2O2S.ClH/c1-8(2)12(3,7-13)14-11(15)9-5-6-10(16-9)17-4;/h5-6,8H,7,13H2,1-4H3,(H,14,15);1H. The number of nitrogens with two attached hydrogens (primary N) is 1. The number of hydrogen-bond donors (Lipinski definition) is 2. The Morgan fingerprint density at radius 3 is 2.56 bits per heavy atom. The minimum absolute atomic E-state index is 0. The third kappa shape index (κ3) is 3.93. The first kappa shape index (κ1) is 17.4. The van der Waals surface area contributed by atoms with E-state index in [1.54, 1.807) is 12.1 Å². The van der Waals surface area contributed by atoms with Crippen LogP contribution in [-0.2, 0) is 0 Å². The fourth-order valence-corrected chi connectivity index (χ4v) is 1.68. The highest BCUT2D eigenvalue weighted by molar-refractivity contribution is 7.98. The molecule has 1 unspecified atom stereocenters. The number of rotatable bonds is 5. The first-order valence-corrected chi connectivity index (χ1v) is 6.82. The van der Waals surface area contributed by atoms with Crippen LogP contribution >= 0.6 is 24.2 Å². The number of halogens is 1. The summed E-state index contributed by atoms with van der Waals surface area (Å²) < 4.78 is 5.37. The van der Waals surface area contributed by atoms with E-state index in [2.05, 4.69) is 5.32 Å². The van der Waals surface area contributed by atoms with E-state index in [-0.39, 0.29) is 24.2 Å². The summed E-state index contributed by atoms with van der Waals surface area (Å²) in [7, 11) is 0. The maximum atomic E-state index is 12.0. The van der Waals surface area contributed by atoms with Gasteiger partial charge in [-0.3, -0.25) is 4.79 Å². The number of thioether (sulfide) groups is 1. The molecule has 1 amide bonds. The maximum Gasteiger partial charge on any atom is 0.287 e. The average Bonchev–Trinajstić information content (AvgIpc) is 2.77. The molecule has 0 saturated heterocycles. The summed E-state index contributed by atoms with van der Waals surface area (Å²) in [6, 6.07) is 3.47. The molecule has 1 heterocycles. The molecule has 6 heteroatoms. The fourth-order valence-electron chi connectivity index (χ4n) is 1.30. The highest BCUT2D eigenvalue weighted by atomic mass is 35.5. The van der Waals surface area contributed by atoms with Gasteiger partial charge in [-0.2, -0.15) is 0 Å². The third-order valence-corrected chi connectivity index (χ3v) is 3.73. The van der Waals surface area contributed by atoms with Crippen molar-refractivity contribution in [3.8, 4) is 0 Å². The number of nitrogens with one attached hydrogen (secondary N) is 1. The second-order valence-electron chi connectivity index (χ2n) is 4.55. The van der Waals surface area contributed by atoms with E-state index in [1.165, 1.54) is 11.8 Å². The lowest BCUT2D eigenvalue weighted by Crippen LogP contribution is -2.54. The molecule has 0 saturated carbocycles. The zero-order valence-electron chi connectivity index (χ0n) is 11.1. The molecule has 0 fully saturated rings. The minimum atomic E-state index is -0.413. The maximum absolute atomic E-state index is 12.0. The Bertz CT molecular complexity index is 395. The van der Waals surface area contributed by atoms with Gasteiger partial charge in [0.25, 0.3) is 5.91 Å². The quantitative estimate of drug-likeness (QED) is 0.818. The van der Waals surface area contributed by atoms with Gasteiger partial charge in [-0.05, 0) is 31.2 Å². The van der Waals surface area contributed by atoms with Gasteiger partial charge in [-0.25, -0.2) is 0 Å². The van der Waals surface area contributed by atoms with Crippen LogP contribution in [-0.4, -0.2) is 24.2 Å². The Morgan fingerprint density at radius 1 is 1.56 bits per heavy atom. The zero-order valence-corrected chi connectivity index (χ0v) is 12.8. The number of amides is 1. The highest BCUT2D eigenvalue weighted by Crippen LogP contribution is 2.20.